The van der Waals surface area contributed by atoms with Crippen molar-refractivity contribution in [3.05, 3.63) is 48.5 Å². The van der Waals surface area contributed by atoms with Gasteiger partial charge in [-0.25, -0.2) is 0 Å². The van der Waals surface area contributed by atoms with Gasteiger partial charge in [0.25, 0.3) is 11.8 Å². The summed E-state index contributed by atoms with van der Waals surface area (Å²) in [5.74, 6) is 1.29. The first kappa shape index (κ1) is 15.5. The van der Waals surface area contributed by atoms with Gasteiger partial charge in [-0.1, -0.05) is 29.4 Å². The zero-order valence-electron chi connectivity index (χ0n) is 12.9. The zero-order valence-corrected chi connectivity index (χ0v) is 12.9. The maximum atomic E-state index is 10.9. The van der Waals surface area contributed by atoms with Crippen LogP contribution in [-0.4, -0.2) is 29.8 Å². The highest BCUT2D eigenvalue weighted by atomic mass is 16.5. The summed E-state index contributed by atoms with van der Waals surface area (Å²) in [4.78, 5) is 15.3. The zero-order chi connectivity index (χ0) is 16.9. The van der Waals surface area contributed by atoms with E-state index in [-0.39, 0.29) is 12.5 Å². The van der Waals surface area contributed by atoms with E-state index in [1.807, 2.05) is 30.3 Å². The van der Waals surface area contributed by atoms with E-state index in [0.29, 0.717) is 22.9 Å². The Balaban J connectivity index is 1.92. The molecule has 0 aliphatic heterocycles. The Kier molecular flexibility index (Phi) is 4.42. The highest BCUT2D eigenvalue weighted by Crippen LogP contribution is 2.30. The van der Waals surface area contributed by atoms with Crippen molar-refractivity contribution in [2.45, 2.75) is 0 Å². The molecule has 1 amide bonds. The first-order valence-corrected chi connectivity index (χ1v) is 7.16. The third kappa shape index (κ3) is 3.35. The highest BCUT2D eigenvalue weighted by Gasteiger charge is 2.15. The van der Waals surface area contributed by atoms with Crippen molar-refractivity contribution in [3.63, 3.8) is 0 Å². The molecule has 7 nitrogen and oxygen atoms in total. The molecule has 3 aromatic rings. The minimum atomic E-state index is -0.563. The number of nitrogens with zero attached hydrogens (tertiary/aromatic N) is 2. The van der Waals surface area contributed by atoms with Crippen LogP contribution in [0.4, 0.5) is 0 Å². The molecule has 0 radical (unpaired) electrons. The molecule has 3 rings (SSSR count). The third-order valence-corrected chi connectivity index (χ3v) is 3.24. The smallest absolute Gasteiger partial charge is 0.262 e. The fourth-order valence-corrected chi connectivity index (χ4v) is 2.13. The molecule has 24 heavy (non-hydrogen) atoms. The van der Waals surface area contributed by atoms with E-state index < -0.39 is 5.91 Å². The SMILES string of the molecule is COc1cccc(-c2noc(-c3ccccc3OCC(N)=O)n2)c1. The van der Waals surface area contributed by atoms with Gasteiger partial charge in [0, 0.05) is 5.56 Å². The number of nitrogens with two attached hydrogens (primary N) is 1. The number of rotatable bonds is 6. The Morgan fingerprint density at radius 1 is 1.21 bits per heavy atom. The molecular weight excluding hydrogens is 310 g/mol. The van der Waals surface area contributed by atoms with Crippen LogP contribution in [0.15, 0.2) is 53.1 Å². The van der Waals surface area contributed by atoms with E-state index in [1.54, 1.807) is 25.3 Å². The van der Waals surface area contributed by atoms with Crippen LogP contribution in [0.25, 0.3) is 22.8 Å². The molecular formula is C17H15N3O4. The largest absolute Gasteiger partial charge is 0.497 e. The van der Waals surface area contributed by atoms with Gasteiger partial charge in [-0.05, 0) is 24.3 Å². The van der Waals surface area contributed by atoms with Crippen molar-refractivity contribution < 1.29 is 18.8 Å². The maximum Gasteiger partial charge on any atom is 0.262 e. The van der Waals surface area contributed by atoms with Crippen LogP contribution in [0.5, 0.6) is 11.5 Å². The number of primary amides is 1. The quantitative estimate of drug-likeness (QED) is 0.746. The van der Waals surface area contributed by atoms with Crippen LogP contribution >= 0.6 is 0 Å². The molecule has 0 saturated heterocycles. The lowest BCUT2D eigenvalue weighted by Gasteiger charge is -2.06. The third-order valence-electron chi connectivity index (χ3n) is 3.24. The van der Waals surface area contributed by atoms with E-state index >= 15 is 0 Å². The average Bonchev–Trinajstić information content (AvgIpc) is 3.10. The number of amides is 1. The van der Waals surface area contributed by atoms with Gasteiger partial charge in [0.1, 0.15) is 11.5 Å². The maximum absolute atomic E-state index is 10.9. The molecule has 0 aliphatic carbocycles. The first-order chi connectivity index (χ1) is 11.7. The van der Waals surface area contributed by atoms with Crippen molar-refractivity contribution in [3.8, 4) is 34.3 Å². The van der Waals surface area contributed by atoms with Crippen LogP contribution in [0.1, 0.15) is 0 Å². The van der Waals surface area contributed by atoms with Crippen LogP contribution in [0.2, 0.25) is 0 Å². The van der Waals surface area contributed by atoms with E-state index in [0.717, 1.165) is 5.56 Å². The molecule has 0 bridgehead atoms. The van der Waals surface area contributed by atoms with Gasteiger partial charge in [0.05, 0.1) is 12.7 Å². The fraction of sp³-hybridized carbons (Fsp3) is 0.118. The monoisotopic (exact) mass is 325 g/mol. The van der Waals surface area contributed by atoms with Gasteiger partial charge in [0.15, 0.2) is 6.61 Å². The summed E-state index contributed by atoms with van der Waals surface area (Å²) in [6.07, 6.45) is 0. The average molecular weight is 325 g/mol. The predicted molar refractivity (Wildman–Crippen MR) is 86.4 cm³/mol. The lowest BCUT2D eigenvalue weighted by atomic mass is 10.2. The molecule has 0 saturated carbocycles. The van der Waals surface area contributed by atoms with Crippen molar-refractivity contribution in [1.82, 2.24) is 10.1 Å². The summed E-state index contributed by atoms with van der Waals surface area (Å²) in [5.41, 5.74) is 6.46. The first-order valence-electron chi connectivity index (χ1n) is 7.16. The van der Waals surface area contributed by atoms with Gasteiger partial charge in [-0.2, -0.15) is 4.98 Å². The molecule has 1 heterocycles. The lowest BCUT2D eigenvalue weighted by molar-refractivity contribution is -0.119. The Labute approximate surface area is 138 Å². The van der Waals surface area contributed by atoms with Gasteiger partial charge >= 0.3 is 0 Å². The standard InChI is InChI=1S/C17H15N3O4/c1-22-12-6-4-5-11(9-12)16-19-17(24-20-16)13-7-2-3-8-14(13)23-10-15(18)21/h2-9H,10H2,1H3,(H2,18,21). The van der Waals surface area contributed by atoms with Crippen LogP contribution < -0.4 is 15.2 Å². The van der Waals surface area contributed by atoms with Crippen molar-refractivity contribution in [2.24, 2.45) is 5.73 Å². The molecule has 1 aromatic heterocycles. The van der Waals surface area contributed by atoms with E-state index in [2.05, 4.69) is 10.1 Å². The van der Waals surface area contributed by atoms with Crippen molar-refractivity contribution in [2.75, 3.05) is 13.7 Å². The van der Waals surface area contributed by atoms with Crippen molar-refractivity contribution in [1.29, 1.82) is 0 Å². The number of carbonyl (C=O) groups is 1. The number of methoxy groups -OCH3 is 1. The van der Waals surface area contributed by atoms with E-state index in [9.17, 15) is 4.79 Å². The number of para-hydroxylation sites is 1. The topological polar surface area (TPSA) is 100 Å². The summed E-state index contributed by atoms with van der Waals surface area (Å²) >= 11 is 0. The second-order valence-electron chi connectivity index (χ2n) is 4.91. The van der Waals surface area contributed by atoms with Crippen LogP contribution in [0.3, 0.4) is 0 Å². The molecule has 0 unspecified atom stereocenters. The molecule has 0 aliphatic rings. The Morgan fingerprint density at radius 2 is 2.04 bits per heavy atom. The lowest BCUT2D eigenvalue weighted by Crippen LogP contribution is -2.20. The molecule has 0 atom stereocenters. The summed E-state index contributed by atoms with van der Waals surface area (Å²) < 4.78 is 15.9. The minimum Gasteiger partial charge on any atom is -0.497 e. The highest BCUT2D eigenvalue weighted by molar-refractivity contribution is 5.76. The predicted octanol–water partition coefficient (Wildman–Crippen LogP) is 2.28. The molecule has 0 fully saturated rings. The molecule has 2 aromatic carbocycles. The number of ether oxygens (including phenoxy) is 2. The van der Waals surface area contributed by atoms with E-state index in [1.165, 1.54) is 0 Å². The summed E-state index contributed by atoms with van der Waals surface area (Å²) in [7, 11) is 1.59. The van der Waals surface area contributed by atoms with E-state index in [4.69, 9.17) is 19.7 Å². The second kappa shape index (κ2) is 6.82. The van der Waals surface area contributed by atoms with Gasteiger partial charge in [-0.3, -0.25) is 4.79 Å². The Bertz CT molecular complexity index is 860. The second-order valence-corrected chi connectivity index (χ2v) is 4.91. The van der Waals surface area contributed by atoms with Crippen molar-refractivity contribution >= 4 is 5.91 Å². The molecule has 2 N–H and O–H groups in total. The summed E-state index contributed by atoms with van der Waals surface area (Å²) in [6, 6.07) is 14.4. The number of aromatic nitrogens is 2. The van der Waals surface area contributed by atoms with Crippen LogP contribution in [-0.2, 0) is 4.79 Å². The minimum absolute atomic E-state index is 0.228. The Morgan fingerprint density at radius 3 is 2.83 bits per heavy atom. The number of hydrogen-bond acceptors (Lipinski definition) is 6. The van der Waals surface area contributed by atoms with Gasteiger partial charge in [-0.15, -0.1) is 0 Å². The number of benzene rings is 2. The Hall–Kier alpha value is -3.35. The van der Waals surface area contributed by atoms with Gasteiger partial charge < -0.3 is 19.7 Å². The van der Waals surface area contributed by atoms with Crippen LogP contribution in [0, 0.1) is 0 Å². The normalized spacial score (nSPS) is 10.4. The molecule has 122 valence electrons. The summed E-state index contributed by atoms with van der Waals surface area (Å²) in [6.45, 7) is -0.228. The van der Waals surface area contributed by atoms with Gasteiger partial charge in [0.2, 0.25) is 5.82 Å². The number of hydrogen-bond donors (Lipinski definition) is 1. The summed E-state index contributed by atoms with van der Waals surface area (Å²) in [5, 5.41) is 3.99. The molecule has 7 heteroatoms. The number of carbonyl (C=O) groups excluding carboxylic acids is 1. The molecule has 0 spiro atoms. The fourth-order valence-electron chi connectivity index (χ4n) is 2.13.